The summed E-state index contributed by atoms with van der Waals surface area (Å²) in [6, 6.07) is 44.2. The van der Waals surface area contributed by atoms with Crippen molar-refractivity contribution >= 4 is 37.2 Å². The van der Waals surface area contributed by atoms with E-state index in [1.807, 2.05) is 32.1 Å². The van der Waals surface area contributed by atoms with Crippen molar-refractivity contribution in [2.45, 2.75) is 13.0 Å². The second kappa shape index (κ2) is 16.8. The van der Waals surface area contributed by atoms with E-state index in [1.54, 1.807) is 0 Å². The second-order valence-electron chi connectivity index (χ2n) is 9.57. The third-order valence-electron chi connectivity index (χ3n) is 6.98. The molecule has 41 heavy (non-hydrogen) atoms. The van der Waals surface area contributed by atoms with Crippen LogP contribution in [0.2, 0.25) is 0 Å². The van der Waals surface area contributed by atoms with Crippen molar-refractivity contribution in [2.24, 2.45) is 0 Å². The van der Waals surface area contributed by atoms with Gasteiger partial charge in [-0.05, 0) is 94.5 Å². The first-order valence-corrected chi connectivity index (χ1v) is 16.3. The molecule has 0 spiro atoms. The minimum atomic E-state index is -0.656. The van der Waals surface area contributed by atoms with E-state index in [1.165, 1.54) is 32.8 Å². The number of hydrogen-bond acceptors (Lipinski definition) is 1. The van der Waals surface area contributed by atoms with Gasteiger partial charge in [0.1, 0.15) is 0 Å². The third kappa shape index (κ3) is 8.41. The van der Waals surface area contributed by atoms with Gasteiger partial charge in [-0.3, -0.25) is 4.67 Å². The van der Waals surface area contributed by atoms with Crippen LogP contribution in [0.3, 0.4) is 0 Å². The third-order valence-corrected chi connectivity index (χ3v) is 12.0. The van der Waals surface area contributed by atoms with Gasteiger partial charge in [-0.15, -0.1) is 0 Å². The summed E-state index contributed by atoms with van der Waals surface area (Å²) in [6.45, 7) is 2.36. The van der Waals surface area contributed by atoms with Gasteiger partial charge in [-0.1, -0.05) is 121 Å². The molecule has 0 aromatic heterocycles. The van der Waals surface area contributed by atoms with Crippen LogP contribution in [0.15, 0.2) is 121 Å². The molecule has 2 aliphatic rings. The van der Waals surface area contributed by atoms with Crippen molar-refractivity contribution in [3.05, 3.63) is 184 Å². The van der Waals surface area contributed by atoms with Crippen LogP contribution in [0.4, 0.5) is 0 Å². The minimum absolute atomic E-state index is 0. The molecule has 4 aromatic carbocycles. The number of hydrogen-bond donors (Lipinski definition) is 0. The zero-order chi connectivity index (χ0) is 27.6. The van der Waals surface area contributed by atoms with Crippen molar-refractivity contribution < 1.29 is 17.1 Å². The molecule has 2 saturated carbocycles. The van der Waals surface area contributed by atoms with Crippen molar-refractivity contribution in [2.75, 3.05) is 7.05 Å². The van der Waals surface area contributed by atoms with Crippen LogP contribution >= 0.6 is 16.0 Å². The van der Waals surface area contributed by atoms with Crippen LogP contribution in [0.25, 0.3) is 0 Å². The molecular formula is C37H35FeNP2. The molecule has 0 saturated heterocycles. The van der Waals surface area contributed by atoms with E-state index in [9.17, 15) is 0 Å². The van der Waals surface area contributed by atoms with Gasteiger partial charge in [0, 0.05) is 42.8 Å². The predicted molar refractivity (Wildman–Crippen MR) is 176 cm³/mol. The van der Waals surface area contributed by atoms with E-state index >= 15 is 0 Å². The zero-order valence-corrected chi connectivity index (χ0v) is 26.3. The maximum absolute atomic E-state index is 2.59. The summed E-state index contributed by atoms with van der Waals surface area (Å²) in [5.41, 5.74) is 1.45. The fourth-order valence-corrected chi connectivity index (χ4v) is 9.87. The van der Waals surface area contributed by atoms with Gasteiger partial charge in [-0.25, -0.2) is 0 Å². The molecule has 2 fully saturated rings. The average molecular weight is 611 g/mol. The Hall–Kier alpha value is -1.78. The van der Waals surface area contributed by atoms with Gasteiger partial charge < -0.3 is 0 Å². The predicted octanol–water partition coefficient (Wildman–Crippen LogP) is 7.24. The Morgan fingerprint density at radius 3 is 1.24 bits per heavy atom. The summed E-state index contributed by atoms with van der Waals surface area (Å²) in [6.07, 6.45) is 16.9. The van der Waals surface area contributed by atoms with Crippen LogP contribution in [0.1, 0.15) is 6.92 Å². The molecule has 4 heteroatoms. The van der Waals surface area contributed by atoms with Gasteiger partial charge >= 0.3 is 0 Å². The Morgan fingerprint density at radius 2 is 0.854 bits per heavy atom. The van der Waals surface area contributed by atoms with Crippen molar-refractivity contribution in [3.8, 4) is 0 Å². The SMILES string of the molecule is C[C@@H]([C]1[CH][CH][CH][C]1P(c1ccccc1)c1ccccc1)N(C)P(c1ccccc1)c1ccccc1.[CH]1[CH][CH][CH][CH]1.[Fe]. The van der Waals surface area contributed by atoms with Gasteiger partial charge in [0.25, 0.3) is 0 Å². The molecule has 10 radical (unpaired) electrons. The molecule has 206 valence electrons. The summed E-state index contributed by atoms with van der Waals surface area (Å²) in [4.78, 5) is 0. The standard InChI is InChI=1S/C32H30NP2.C5H5.Fe/c1-26(33(2)35(29-20-11-5-12-21-29)30-22-13-6-14-23-30)31-24-15-25-32(31)34(27-16-7-3-8-17-27)28-18-9-4-10-19-28;1-2-4-5-3-1;/h3-26H,1-2H3;1-5H;/t26-;;/m0../s1. The van der Waals surface area contributed by atoms with Crippen molar-refractivity contribution in [1.82, 2.24) is 4.67 Å². The first kappa shape index (κ1) is 32.1. The molecule has 6 rings (SSSR count). The number of nitrogens with zero attached hydrogens (tertiary/aromatic N) is 1. The summed E-state index contributed by atoms with van der Waals surface area (Å²) in [5.74, 6) is 1.42. The van der Waals surface area contributed by atoms with Gasteiger partial charge in [0.15, 0.2) is 0 Å². The number of rotatable bonds is 8. The Balaban J connectivity index is 0.000000584. The minimum Gasteiger partial charge on any atom is -0.274 e. The molecule has 4 aromatic rings. The van der Waals surface area contributed by atoms with Gasteiger partial charge in [0.2, 0.25) is 0 Å². The molecule has 0 amide bonds. The van der Waals surface area contributed by atoms with Crippen molar-refractivity contribution in [1.29, 1.82) is 0 Å². The largest absolute Gasteiger partial charge is 0.274 e. The quantitative estimate of drug-likeness (QED) is 0.150. The topological polar surface area (TPSA) is 3.24 Å². The summed E-state index contributed by atoms with van der Waals surface area (Å²) in [5, 5.41) is 5.54. The molecule has 1 nitrogen and oxygen atoms in total. The van der Waals surface area contributed by atoms with E-state index in [2.05, 4.69) is 159 Å². The second-order valence-corrected chi connectivity index (χ2v) is 14.0. The maximum Gasteiger partial charge on any atom is 0.0281 e. The van der Waals surface area contributed by atoms with E-state index in [-0.39, 0.29) is 23.1 Å². The van der Waals surface area contributed by atoms with Crippen LogP contribution < -0.4 is 21.2 Å². The van der Waals surface area contributed by atoms with Crippen LogP contribution in [-0.2, 0) is 17.1 Å². The Kier molecular flexibility index (Phi) is 13.1. The average Bonchev–Trinajstić information content (AvgIpc) is 3.76. The van der Waals surface area contributed by atoms with Crippen molar-refractivity contribution in [3.63, 3.8) is 0 Å². The Labute approximate surface area is 262 Å². The normalized spacial score (nSPS) is 16.4. The van der Waals surface area contributed by atoms with Gasteiger partial charge in [-0.2, -0.15) is 0 Å². The van der Waals surface area contributed by atoms with E-state index < -0.39 is 16.0 Å². The van der Waals surface area contributed by atoms with E-state index in [0.717, 1.165) is 0 Å². The Bertz CT molecular complexity index is 1160. The molecule has 0 bridgehead atoms. The van der Waals surface area contributed by atoms with Crippen LogP contribution in [0.5, 0.6) is 0 Å². The van der Waals surface area contributed by atoms with E-state index in [0.29, 0.717) is 0 Å². The van der Waals surface area contributed by atoms with E-state index in [4.69, 9.17) is 0 Å². The number of benzene rings is 4. The van der Waals surface area contributed by atoms with Gasteiger partial charge in [0.05, 0.1) is 0 Å². The first-order chi connectivity index (χ1) is 19.7. The fraction of sp³-hybridized carbons (Fsp3) is 0.0811. The smallest absolute Gasteiger partial charge is 0.0281 e. The summed E-state index contributed by atoms with van der Waals surface area (Å²) in [7, 11) is 1.00. The summed E-state index contributed by atoms with van der Waals surface area (Å²) < 4.78 is 2.59. The molecule has 0 aliphatic heterocycles. The summed E-state index contributed by atoms with van der Waals surface area (Å²) >= 11 is 0. The molecule has 0 N–H and O–H groups in total. The molecule has 2 aliphatic carbocycles. The molecule has 0 heterocycles. The fourth-order valence-electron chi connectivity index (χ4n) is 4.91. The van der Waals surface area contributed by atoms with Crippen LogP contribution in [0, 0.1) is 62.9 Å². The first-order valence-electron chi connectivity index (χ1n) is 13.7. The Morgan fingerprint density at radius 1 is 0.488 bits per heavy atom. The molecule has 0 unspecified atom stereocenters. The van der Waals surface area contributed by atoms with Crippen LogP contribution in [-0.4, -0.2) is 17.8 Å². The molecular weight excluding hydrogens is 576 g/mol. The maximum atomic E-state index is 2.59. The molecule has 1 atom stereocenters. The zero-order valence-electron chi connectivity index (χ0n) is 23.4. The monoisotopic (exact) mass is 611 g/mol.